The largest absolute Gasteiger partial charge is 0.506 e. The number of fused-ring (bicyclic) bond motifs is 1. The number of carbonyl (C=O) groups is 1. The molecule has 7 heteroatoms. The highest BCUT2D eigenvalue weighted by atomic mass is 32.2. The average molecular weight is 268 g/mol. The van der Waals surface area contributed by atoms with Gasteiger partial charge < -0.3 is 5.11 Å². The van der Waals surface area contributed by atoms with Crippen LogP contribution in [0.2, 0.25) is 0 Å². The van der Waals surface area contributed by atoms with Crippen LogP contribution in [0.5, 0.6) is 5.75 Å². The first-order valence-corrected chi connectivity index (χ1v) is 7.09. The van der Waals surface area contributed by atoms with Crippen molar-refractivity contribution in [2.24, 2.45) is 0 Å². The topological polar surface area (TPSA) is 86.7 Å². The maximum Gasteiger partial charge on any atom is 0.326 e. The number of phenols is 1. The highest BCUT2D eigenvalue weighted by Crippen LogP contribution is 2.36. The van der Waals surface area contributed by atoms with Crippen molar-refractivity contribution in [3.63, 3.8) is 0 Å². The number of hydrogen-bond acceptors (Lipinski definition) is 4. The summed E-state index contributed by atoms with van der Waals surface area (Å²) >= 11 is 0. The molecular formula is C11H12N2O4S. The Morgan fingerprint density at radius 2 is 1.89 bits per heavy atom. The van der Waals surface area contributed by atoms with Crippen molar-refractivity contribution in [1.82, 2.24) is 4.72 Å². The molecule has 0 atom stereocenters. The van der Waals surface area contributed by atoms with Crippen LogP contribution < -0.4 is 9.03 Å². The smallest absolute Gasteiger partial charge is 0.326 e. The van der Waals surface area contributed by atoms with E-state index in [0.717, 1.165) is 34.7 Å². The lowest BCUT2D eigenvalue weighted by Gasteiger charge is -2.17. The Balaban J connectivity index is 2.10. The number of benzene rings is 1. The zero-order valence-electron chi connectivity index (χ0n) is 9.51. The zero-order chi connectivity index (χ0) is 12.9. The lowest BCUT2D eigenvalue weighted by atomic mass is 10.1. The van der Waals surface area contributed by atoms with Gasteiger partial charge in [-0.15, -0.1) is 0 Å². The minimum Gasteiger partial charge on any atom is -0.506 e. The van der Waals surface area contributed by atoms with Gasteiger partial charge in [-0.3, -0.25) is 4.79 Å². The first-order valence-electron chi connectivity index (χ1n) is 5.65. The number of nitrogens with one attached hydrogen (secondary N) is 1. The van der Waals surface area contributed by atoms with E-state index in [1.54, 1.807) is 12.1 Å². The van der Waals surface area contributed by atoms with E-state index in [4.69, 9.17) is 0 Å². The molecule has 2 aliphatic rings. The van der Waals surface area contributed by atoms with Crippen molar-refractivity contribution in [3.05, 3.63) is 23.3 Å². The van der Waals surface area contributed by atoms with Crippen molar-refractivity contribution in [2.45, 2.75) is 19.3 Å². The van der Waals surface area contributed by atoms with Gasteiger partial charge in [0.25, 0.3) is 5.91 Å². The first-order chi connectivity index (χ1) is 8.47. The third kappa shape index (κ3) is 1.62. The van der Waals surface area contributed by atoms with Gasteiger partial charge in [0.2, 0.25) is 0 Å². The third-order valence-corrected chi connectivity index (χ3v) is 4.67. The number of phenolic OH excluding ortho intramolecular Hbond substituents is 1. The second-order valence-electron chi connectivity index (χ2n) is 4.50. The van der Waals surface area contributed by atoms with Crippen molar-refractivity contribution in [2.75, 3.05) is 10.8 Å². The maximum atomic E-state index is 11.7. The molecule has 0 unspecified atom stereocenters. The van der Waals surface area contributed by atoms with Crippen LogP contribution >= 0.6 is 0 Å². The molecule has 6 nitrogen and oxygen atoms in total. The number of carbonyl (C=O) groups excluding carboxylic acids is 1. The van der Waals surface area contributed by atoms with E-state index in [9.17, 15) is 18.3 Å². The SMILES string of the molecule is O=C1CN(c2cc3c(cc2O)CCC3)S(=O)(=O)N1. The van der Waals surface area contributed by atoms with Crippen LogP contribution in [0.3, 0.4) is 0 Å². The Bertz CT molecular complexity index is 639. The molecule has 0 spiro atoms. The summed E-state index contributed by atoms with van der Waals surface area (Å²) in [6.45, 7) is -0.283. The van der Waals surface area contributed by atoms with Crippen LogP contribution in [0.1, 0.15) is 17.5 Å². The summed E-state index contributed by atoms with van der Waals surface area (Å²) in [5.41, 5.74) is 2.26. The molecule has 1 amide bonds. The molecule has 0 aromatic heterocycles. The van der Waals surface area contributed by atoms with Crippen LogP contribution in [0.4, 0.5) is 5.69 Å². The lowest BCUT2D eigenvalue weighted by Crippen LogP contribution is -2.29. The summed E-state index contributed by atoms with van der Waals surface area (Å²) in [7, 11) is -3.86. The molecule has 1 aliphatic carbocycles. The Kier molecular flexibility index (Phi) is 2.28. The van der Waals surface area contributed by atoms with Crippen LogP contribution in [-0.4, -0.2) is 26.0 Å². The molecule has 3 rings (SSSR count). The second-order valence-corrected chi connectivity index (χ2v) is 6.10. The van der Waals surface area contributed by atoms with E-state index < -0.39 is 16.1 Å². The quantitative estimate of drug-likeness (QED) is 0.754. The van der Waals surface area contributed by atoms with Gasteiger partial charge in [-0.25, -0.2) is 9.03 Å². The summed E-state index contributed by atoms with van der Waals surface area (Å²) in [5, 5.41) is 9.91. The number of rotatable bonds is 1. The Labute approximate surface area is 104 Å². The van der Waals surface area contributed by atoms with E-state index in [1.807, 2.05) is 4.72 Å². The van der Waals surface area contributed by atoms with Gasteiger partial charge in [0.05, 0.1) is 5.69 Å². The molecule has 0 saturated carbocycles. The van der Waals surface area contributed by atoms with E-state index in [0.29, 0.717) is 0 Å². The van der Waals surface area contributed by atoms with E-state index in [2.05, 4.69) is 0 Å². The zero-order valence-corrected chi connectivity index (χ0v) is 10.3. The van der Waals surface area contributed by atoms with E-state index >= 15 is 0 Å². The van der Waals surface area contributed by atoms with Gasteiger partial charge in [-0.05, 0) is 42.5 Å². The summed E-state index contributed by atoms with van der Waals surface area (Å²) in [6.07, 6.45) is 2.77. The standard InChI is InChI=1S/C11H12N2O4S/c14-10-5-8-3-1-2-7(8)4-9(10)13-6-11(15)12-18(13,16)17/h4-5,14H,1-3,6H2,(H,12,15). The Morgan fingerprint density at radius 3 is 2.50 bits per heavy atom. The lowest BCUT2D eigenvalue weighted by molar-refractivity contribution is -0.117. The van der Waals surface area contributed by atoms with Gasteiger partial charge in [0.1, 0.15) is 12.3 Å². The molecule has 1 aromatic carbocycles. The Morgan fingerprint density at radius 1 is 1.22 bits per heavy atom. The molecule has 1 saturated heterocycles. The van der Waals surface area contributed by atoms with Crippen LogP contribution in [-0.2, 0) is 27.8 Å². The third-order valence-electron chi connectivity index (χ3n) is 3.28. The monoisotopic (exact) mass is 268 g/mol. The normalized spacial score (nSPS) is 20.9. The average Bonchev–Trinajstić information content (AvgIpc) is 2.80. The molecule has 1 fully saturated rings. The molecule has 18 heavy (non-hydrogen) atoms. The number of amides is 1. The number of nitrogens with zero attached hydrogens (tertiary/aromatic N) is 1. The van der Waals surface area contributed by atoms with Crippen molar-refractivity contribution >= 4 is 21.8 Å². The molecule has 96 valence electrons. The maximum absolute atomic E-state index is 11.7. The molecule has 1 heterocycles. The fraction of sp³-hybridized carbons (Fsp3) is 0.364. The number of hydrogen-bond donors (Lipinski definition) is 2. The summed E-state index contributed by atoms with van der Waals surface area (Å²) in [5.74, 6) is -0.689. The second kappa shape index (κ2) is 3.61. The van der Waals surface area contributed by atoms with Gasteiger partial charge in [-0.2, -0.15) is 8.42 Å². The van der Waals surface area contributed by atoms with Crippen LogP contribution in [0.15, 0.2) is 12.1 Å². The fourth-order valence-corrected chi connectivity index (χ4v) is 3.61. The molecule has 1 aliphatic heterocycles. The molecule has 1 aromatic rings. The highest BCUT2D eigenvalue weighted by molar-refractivity contribution is 7.92. The molecular weight excluding hydrogens is 256 g/mol. The summed E-state index contributed by atoms with van der Waals surface area (Å²) in [6, 6.07) is 3.26. The minimum atomic E-state index is -3.86. The van der Waals surface area contributed by atoms with Crippen molar-refractivity contribution in [1.29, 1.82) is 0 Å². The summed E-state index contributed by atoms with van der Waals surface area (Å²) < 4.78 is 26.2. The van der Waals surface area contributed by atoms with Gasteiger partial charge >= 0.3 is 10.2 Å². The van der Waals surface area contributed by atoms with Crippen LogP contribution in [0, 0.1) is 0 Å². The minimum absolute atomic E-state index is 0.101. The van der Waals surface area contributed by atoms with E-state index in [1.165, 1.54) is 0 Å². The van der Waals surface area contributed by atoms with Gasteiger partial charge in [0, 0.05) is 0 Å². The molecule has 2 N–H and O–H groups in total. The van der Waals surface area contributed by atoms with Crippen LogP contribution in [0.25, 0.3) is 0 Å². The first kappa shape index (κ1) is 11.3. The number of aromatic hydroxyl groups is 1. The molecule has 0 radical (unpaired) electrons. The Hall–Kier alpha value is -1.76. The highest BCUT2D eigenvalue weighted by Gasteiger charge is 2.36. The predicted molar refractivity (Wildman–Crippen MR) is 64.5 cm³/mol. The van der Waals surface area contributed by atoms with E-state index in [-0.39, 0.29) is 18.0 Å². The summed E-state index contributed by atoms with van der Waals surface area (Å²) in [4.78, 5) is 11.2. The fourth-order valence-electron chi connectivity index (χ4n) is 2.46. The predicted octanol–water partition coefficient (Wildman–Crippen LogP) is 0.0619. The number of anilines is 1. The van der Waals surface area contributed by atoms with Gasteiger partial charge in [0.15, 0.2) is 0 Å². The molecule has 0 bridgehead atoms. The van der Waals surface area contributed by atoms with Gasteiger partial charge in [-0.1, -0.05) is 0 Å². The number of aryl methyl sites for hydroxylation is 2. The van der Waals surface area contributed by atoms with Crippen molar-refractivity contribution in [3.8, 4) is 5.75 Å². The van der Waals surface area contributed by atoms with Crippen molar-refractivity contribution < 1.29 is 18.3 Å².